The molecular weight excluding hydrogens is 450 g/mol. The summed E-state index contributed by atoms with van der Waals surface area (Å²) in [6, 6.07) is 20.4. The van der Waals surface area contributed by atoms with Crippen molar-refractivity contribution >= 4 is 39.9 Å². The summed E-state index contributed by atoms with van der Waals surface area (Å²) in [6.07, 6.45) is 0.0868. The van der Waals surface area contributed by atoms with E-state index < -0.39 is 17.9 Å². The number of fused-ring (bicyclic) bond motifs is 1. The van der Waals surface area contributed by atoms with E-state index in [9.17, 15) is 9.59 Å². The third kappa shape index (κ3) is 7.18. The Labute approximate surface area is 204 Å². The molecule has 0 aliphatic carbocycles. The van der Waals surface area contributed by atoms with Crippen LogP contribution in [0, 0.1) is 5.92 Å². The van der Waals surface area contributed by atoms with Crippen molar-refractivity contribution in [2.45, 2.75) is 33.3 Å². The van der Waals surface area contributed by atoms with Gasteiger partial charge in [0.1, 0.15) is 11.5 Å². The molecule has 3 rings (SSSR count). The smallest absolute Gasteiger partial charge is 0.279 e. The van der Waals surface area contributed by atoms with E-state index in [1.54, 1.807) is 31.2 Å². The highest BCUT2D eigenvalue weighted by molar-refractivity contribution is 7.80. The Bertz CT molecular complexity index is 1170. The average Bonchev–Trinajstić information content (AvgIpc) is 2.82. The van der Waals surface area contributed by atoms with Crippen LogP contribution in [0.4, 0.5) is 0 Å². The molecule has 0 radical (unpaired) electrons. The summed E-state index contributed by atoms with van der Waals surface area (Å²) in [5.74, 6) is 0.666. The highest BCUT2D eigenvalue weighted by atomic mass is 32.1. The van der Waals surface area contributed by atoms with Crippen LogP contribution in [0.1, 0.15) is 37.6 Å². The second-order valence-electron chi connectivity index (χ2n) is 8.19. The average molecular weight is 480 g/mol. The van der Waals surface area contributed by atoms with Crippen LogP contribution in [0.25, 0.3) is 10.8 Å². The summed E-state index contributed by atoms with van der Waals surface area (Å²) in [5.41, 5.74) is 5.35. The number of carbonyl (C=O) groups excluding carboxylic acids is 2. The predicted octanol–water partition coefficient (Wildman–Crippen LogP) is 4.37. The van der Waals surface area contributed by atoms with Crippen molar-refractivity contribution in [1.82, 2.24) is 16.2 Å². The van der Waals surface area contributed by atoms with Gasteiger partial charge in [-0.3, -0.25) is 25.8 Å². The summed E-state index contributed by atoms with van der Waals surface area (Å²) in [6.45, 7) is 6.34. The van der Waals surface area contributed by atoms with Gasteiger partial charge in [-0.1, -0.05) is 56.3 Å². The minimum absolute atomic E-state index is 0.0479. The van der Waals surface area contributed by atoms with E-state index in [0.717, 1.165) is 17.2 Å². The number of hydrazine groups is 1. The van der Waals surface area contributed by atoms with Crippen LogP contribution < -0.4 is 25.6 Å². The lowest BCUT2D eigenvalue weighted by Gasteiger charge is -2.17. The molecule has 0 bridgehead atoms. The molecule has 3 aromatic rings. The highest BCUT2D eigenvalue weighted by Crippen LogP contribution is 2.21. The molecule has 3 N–H and O–H groups in total. The lowest BCUT2D eigenvalue weighted by molar-refractivity contribution is -0.127. The Kier molecular flexibility index (Phi) is 8.81. The molecular formula is C26H29N3O4S. The van der Waals surface area contributed by atoms with E-state index in [4.69, 9.17) is 21.7 Å². The number of nitrogens with one attached hydrogen (secondary N) is 3. The van der Waals surface area contributed by atoms with Gasteiger partial charge in [0.05, 0.1) is 12.2 Å². The number of hydrogen-bond acceptors (Lipinski definition) is 5. The maximum absolute atomic E-state index is 12.6. The first kappa shape index (κ1) is 25.0. The van der Waals surface area contributed by atoms with E-state index in [0.29, 0.717) is 29.6 Å². The van der Waals surface area contributed by atoms with Gasteiger partial charge in [-0.15, -0.1) is 0 Å². The molecule has 0 aliphatic heterocycles. The predicted molar refractivity (Wildman–Crippen MR) is 137 cm³/mol. The number of ether oxygens (including phenoxy) is 2. The Morgan fingerprint density at radius 3 is 2.38 bits per heavy atom. The van der Waals surface area contributed by atoms with Crippen molar-refractivity contribution in [2.75, 3.05) is 6.61 Å². The van der Waals surface area contributed by atoms with Crippen LogP contribution in [-0.2, 0) is 4.79 Å². The largest absolute Gasteiger partial charge is 0.493 e. The van der Waals surface area contributed by atoms with Crippen LogP contribution >= 0.6 is 12.2 Å². The van der Waals surface area contributed by atoms with Crippen LogP contribution in [0.5, 0.6) is 11.5 Å². The number of hydrogen-bond donors (Lipinski definition) is 3. The minimum Gasteiger partial charge on any atom is -0.493 e. The number of carbonyl (C=O) groups is 2. The molecule has 2 amide bonds. The molecule has 1 unspecified atom stereocenters. The van der Waals surface area contributed by atoms with Gasteiger partial charge in [0.15, 0.2) is 11.2 Å². The van der Waals surface area contributed by atoms with E-state index in [1.807, 2.05) is 42.5 Å². The van der Waals surface area contributed by atoms with Crippen molar-refractivity contribution in [3.8, 4) is 11.5 Å². The van der Waals surface area contributed by atoms with Gasteiger partial charge in [-0.05, 0) is 66.5 Å². The van der Waals surface area contributed by atoms with Crippen LogP contribution in [-0.4, -0.2) is 29.6 Å². The Balaban J connectivity index is 1.49. The zero-order chi connectivity index (χ0) is 24.5. The number of thiocarbonyl (C=S) groups is 1. The molecule has 0 aromatic heterocycles. The maximum Gasteiger partial charge on any atom is 0.279 e. The molecule has 8 heteroatoms. The van der Waals surface area contributed by atoms with Gasteiger partial charge in [-0.2, -0.15) is 0 Å². The van der Waals surface area contributed by atoms with Gasteiger partial charge in [0.25, 0.3) is 11.8 Å². The normalized spacial score (nSPS) is 11.5. The monoisotopic (exact) mass is 479 g/mol. The topological polar surface area (TPSA) is 88.7 Å². The van der Waals surface area contributed by atoms with Gasteiger partial charge in [0, 0.05) is 0 Å². The zero-order valence-electron chi connectivity index (χ0n) is 19.5. The second-order valence-corrected chi connectivity index (χ2v) is 8.60. The van der Waals surface area contributed by atoms with E-state index in [2.05, 4.69) is 30.0 Å². The van der Waals surface area contributed by atoms with Crippen molar-refractivity contribution in [1.29, 1.82) is 0 Å². The number of benzene rings is 3. The summed E-state index contributed by atoms with van der Waals surface area (Å²) in [7, 11) is 0. The Hall–Kier alpha value is -3.65. The third-order valence-electron chi connectivity index (χ3n) is 5.01. The third-order valence-corrected chi connectivity index (χ3v) is 5.22. The summed E-state index contributed by atoms with van der Waals surface area (Å²) >= 11 is 5.14. The molecule has 0 fully saturated rings. The maximum atomic E-state index is 12.6. The molecule has 7 nitrogen and oxygen atoms in total. The zero-order valence-corrected chi connectivity index (χ0v) is 20.3. The fourth-order valence-corrected chi connectivity index (χ4v) is 3.25. The molecule has 178 valence electrons. The summed E-state index contributed by atoms with van der Waals surface area (Å²) in [5, 5.41) is 4.60. The molecule has 0 heterocycles. The molecule has 0 saturated heterocycles. The van der Waals surface area contributed by atoms with Crippen molar-refractivity contribution in [3.05, 3.63) is 72.3 Å². The first-order valence-corrected chi connectivity index (χ1v) is 11.5. The summed E-state index contributed by atoms with van der Waals surface area (Å²) in [4.78, 5) is 25.1. The summed E-state index contributed by atoms with van der Waals surface area (Å²) < 4.78 is 11.5. The standard InChI is InChI=1S/C26H29N3O4S/c1-17(2)14-15-32-23-11-7-6-10-22(23)25(31)27-26(34)29-28-24(30)18(3)33-21-13-12-19-8-4-5-9-20(19)16-21/h4-13,16-18H,14-15H2,1-3H3,(H,28,30)(H2,27,29,31,34). The molecule has 34 heavy (non-hydrogen) atoms. The van der Waals surface area contributed by atoms with Crippen LogP contribution in [0.3, 0.4) is 0 Å². The van der Waals surface area contributed by atoms with Gasteiger partial charge in [0.2, 0.25) is 0 Å². The Morgan fingerprint density at radius 1 is 0.912 bits per heavy atom. The lowest BCUT2D eigenvalue weighted by atomic mass is 10.1. The van der Waals surface area contributed by atoms with Crippen LogP contribution in [0.15, 0.2) is 66.7 Å². The van der Waals surface area contributed by atoms with Gasteiger partial charge in [-0.25, -0.2) is 0 Å². The van der Waals surface area contributed by atoms with Crippen molar-refractivity contribution in [3.63, 3.8) is 0 Å². The molecule has 3 aromatic carbocycles. The lowest BCUT2D eigenvalue weighted by Crippen LogP contribution is -2.51. The fourth-order valence-electron chi connectivity index (χ4n) is 3.10. The van der Waals surface area contributed by atoms with Gasteiger partial charge < -0.3 is 9.47 Å². The minimum atomic E-state index is -0.790. The SMILES string of the molecule is CC(C)CCOc1ccccc1C(=O)NC(=S)NNC(=O)C(C)Oc1ccc2ccccc2c1. The highest BCUT2D eigenvalue weighted by Gasteiger charge is 2.17. The van der Waals surface area contributed by atoms with E-state index >= 15 is 0 Å². The fraction of sp³-hybridized carbons (Fsp3) is 0.269. The molecule has 0 spiro atoms. The van der Waals surface area contributed by atoms with E-state index in [-0.39, 0.29) is 5.11 Å². The molecule has 0 aliphatic rings. The Morgan fingerprint density at radius 2 is 1.62 bits per heavy atom. The van der Waals surface area contributed by atoms with Crippen molar-refractivity contribution < 1.29 is 19.1 Å². The number of para-hydroxylation sites is 1. The number of amides is 2. The first-order chi connectivity index (χ1) is 16.3. The van der Waals surface area contributed by atoms with Gasteiger partial charge >= 0.3 is 0 Å². The van der Waals surface area contributed by atoms with Crippen LogP contribution in [0.2, 0.25) is 0 Å². The quantitative estimate of drug-likeness (QED) is 0.329. The second kappa shape index (κ2) is 12.0. The van der Waals surface area contributed by atoms with Crippen molar-refractivity contribution in [2.24, 2.45) is 5.92 Å². The molecule has 0 saturated carbocycles. The first-order valence-electron chi connectivity index (χ1n) is 11.1. The number of rotatable bonds is 8. The van der Waals surface area contributed by atoms with E-state index in [1.165, 1.54) is 0 Å². The molecule has 1 atom stereocenters.